The van der Waals surface area contributed by atoms with Crippen LogP contribution in [0.1, 0.15) is 22.6 Å². The van der Waals surface area contributed by atoms with Crippen LogP contribution in [-0.2, 0) is 24.3 Å². The minimum absolute atomic E-state index is 0.148. The standard InChI is InChI=1S/C17H19N3O5/c1-11-14-9-20(17(22)23)8-13(7-15(14)25-19-11)18-16(21)24-10-12-5-3-2-4-6-12/h2-6,13H,7-10H2,1H3,(H,18,21)(H,22,23)/t13-/m0/s1. The molecule has 1 aliphatic heterocycles. The summed E-state index contributed by atoms with van der Waals surface area (Å²) in [7, 11) is 0. The second-order valence-electron chi connectivity index (χ2n) is 5.94. The Morgan fingerprint density at radius 2 is 2.16 bits per heavy atom. The lowest BCUT2D eigenvalue weighted by molar-refractivity contribution is 0.123. The van der Waals surface area contributed by atoms with Crippen LogP contribution in [0.4, 0.5) is 9.59 Å². The van der Waals surface area contributed by atoms with Crippen LogP contribution in [0.2, 0.25) is 0 Å². The zero-order valence-corrected chi connectivity index (χ0v) is 13.8. The number of carbonyl (C=O) groups excluding carboxylic acids is 1. The van der Waals surface area contributed by atoms with Crippen LogP contribution in [0.5, 0.6) is 0 Å². The monoisotopic (exact) mass is 345 g/mol. The minimum atomic E-state index is -1.06. The van der Waals surface area contributed by atoms with E-state index in [9.17, 15) is 14.7 Å². The van der Waals surface area contributed by atoms with E-state index in [4.69, 9.17) is 9.26 Å². The van der Waals surface area contributed by atoms with Crippen LogP contribution in [-0.4, -0.2) is 39.9 Å². The van der Waals surface area contributed by atoms with Gasteiger partial charge in [0.2, 0.25) is 0 Å². The van der Waals surface area contributed by atoms with Gasteiger partial charge >= 0.3 is 12.2 Å². The number of ether oxygens (including phenoxy) is 1. The van der Waals surface area contributed by atoms with Crippen LogP contribution in [0.3, 0.4) is 0 Å². The van der Waals surface area contributed by atoms with E-state index in [2.05, 4.69) is 10.5 Å². The molecule has 2 heterocycles. The van der Waals surface area contributed by atoms with Gasteiger partial charge in [0.15, 0.2) is 0 Å². The molecule has 132 valence electrons. The summed E-state index contributed by atoms with van der Waals surface area (Å²) < 4.78 is 10.5. The van der Waals surface area contributed by atoms with Gasteiger partial charge < -0.3 is 24.6 Å². The molecule has 2 aromatic rings. The molecule has 1 aromatic heterocycles. The van der Waals surface area contributed by atoms with Gasteiger partial charge in [-0.3, -0.25) is 0 Å². The normalized spacial score (nSPS) is 16.7. The number of benzene rings is 1. The van der Waals surface area contributed by atoms with E-state index in [0.29, 0.717) is 17.9 Å². The van der Waals surface area contributed by atoms with Gasteiger partial charge in [0.1, 0.15) is 12.4 Å². The summed E-state index contributed by atoms with van der Waals surface area (Å²) >= 11 is 0. The number of fused-ring (bicyclic) bond motifs is 1. The predicted octanol–water partition coefficient (Wildman–Crippen LogP) is 2.31. The van der Waals surface area contributed by atoms with Crippen molar-refractivity contribution >= 4 is 12.2 Å². The Labute approximate surface area is 144 Å². The van der Waals surface area contributed by atoms with E-state index < -0.39 is 18.2 Å². The molecule has 0 saturated heterocycles. The molecular formula is C17H19N3O5. The van der Waals surface area contributed by atoms with E-state index in [-0.39, 0.29) is 19.7 Å². The van der Waals surface area contributed by atoms with Crippen molar-refractivity contribution in [1.29, 1.82) is 0 Å². The Hall–Kier alpha value is -3.03. The van der Waals surface area contributed by atoms with Crippen molar-refractivity contribution < 1.29 is 24.0 Å². The van der Waals surface area contributed by atoms with Crippen molar-refractivity contribution in [2.45, 2.75) is 32.5 Å². The summed E-state index contributed by atoms with van der Waals surface area (Å²) in [6.07, 6.45) is -1.29. The smallest absolute Gasteiger partial charge is 0.407 e. The fourth-order valence-corrected chi connectivity index (χ4v) is 2.78. The van der Waals surface area contributed by atoms with E-state index in [0.717, 1.165) is 11.1 Å². The molecule has 8 nitrogen and oxygen atoms in total. The summed E-state index contributed by atoms with van der Waals surface area (Å²) in [6, 6.07) is 8.87. The minimum Gasteiger partial charge on any atom is -0.465 e. The third kappa shape index (κ3) is 4.09. The molecule has 0 fully saturated rings. The summed E-state index contributed by atoms with van der Waals surface area (Å²) in [5, 5.41) is 15.9. The summed E-state index contributed by atoms with van der Waals surface area (Å²) in [5.41, 5.74) is 2.29. The van der Waals surface area contributed by atoms with Crippen molar-refractivity contribution in [3.05, 3.63) is 52.9 Å². The van der Waals surface area contributed by atoms with Crippen LogP contribution >= 0.6 is 0 Å². The average Bonchev–Trinajstić information content (AvgIpc) is 2.82. The molecule has 0 radical (unpaired) electrons. The number of carbonyl (C=O) groups is 2. The van der Waals surface area contributed by atoms with Gasteiger partial charge in [0.25, 0.3) is 0 Å². The van der Waals surface area contributed by atoms with Gasteiger partial charge in [-0.25, -0.2) is 9.59 Å². The Kier molecular flexibility index (Phi) is 4.87. The van der Waals surface area contributed by atoms with Crippen LogP contribution in [0.15, 0.2) is 34.9 Å². The van der Waals surface area contributed by atoms with E-state index in [1.54, 1.807) is 6.92 Å². The number of alkyl carbamates (subject to hydrolysis) is 1. The summed E-state index contributed by atoms with van der Waals surface area (Å²) in [4.78, 5) is 24.7. The molecular weight excluding hydrogens is 326 g/mol. The maximum atomic E-state index is 12.0. The first-order chi connectivity index (χ1) is 12.0. The third-order valence-electron chi connectivity index (χ3n) is 4.09. The highest BCUT2D eigenvalue weighted by Gasteiger charge is 2.30. The lowest BCUT2D eigenvalue weighted by Gasteiger charge is -2.22. The quantitative estimate of drug-likeness (QED) is 0.884. The number of amides is 2. The maximum absolute atomic E-state index is 12.0. The van der Waals surface area contributed by atoms with Gasteiger partial charge in [0.05, 0.1) is 18.3 Å². The largest absolute Gasteiger partial charge is 0.465 e. The van der Waals surface area contributed by atoms with Crippen molar-refractivity contribution in [3.63, 3.8) is 0 Å². The molecule has 2 amide bonds. The summed E-state index contributed by atoms with van der Waals surface area (Å²) in [5.74, 6) is 0.592. The number of carboxylic acid groups (broad SMARTS) is 1. The number of aryl methyl sites for hydroxylation is 1. The number of hydrogen-bond acceptors (Lipinski definition) is 5. The van der Waals surface area contributed by atoms with Gasteiger partial charge in [-0.2, -0.15) is 0 Å². The van der Waals surface area contributed by atoms with Gasteiger partial charge in [0, 0.05) is 18.5 Å². The molecule has 25 heavy (non-hydrogen) atoms. The molecule has 8 heteroatoms. The third-order valence-corrected chi connectivity index (χ3v) is 4.09. The second kappa shape index (κ2) is 7.25. The first kappa shape index (κ1) is 16.8. The number of nitrogens with one attached hydrogen (secondary N) is 1. The molecule has 1 aromatic carbocycles. The average molecular weight is 345 g/mol. The first-order valence-corrected chi connectivity index (χ1v) is 7.92. The van der Waals surface area contributed by atoms with E-state index >= 15 is 0 Å². The lowest BCUT2D eigenvalue weighted by Crippen LogP contribution is -2.45. The molecule has 1 aliphatic rings. The van der Waals surface area contributed by atoms with Gasteiger partial charge in [-0.1, -0.05) is 35.5 Å². The predicted molar refractivity (Wildman–Crippen MR) is 86.9 cm³/mol. The van der Waals surface area contributed by atoms with Crippen molar-refractivity contribution in [1.82, 2.24) is 15.4 Å². The molecule has 0 saturated carbocycles. The fraction of sp³-hybridized carbons (Fsp3) is 0.353. The molecule has 0 aliphatic carbocycles. The van der Waals surface area contributed by atoms with Gasteiger partial charge in [-0.15, -0.1) is 0 Å². The highest BCUT2D eigenvalue weighted by molar-refractivity contribution is 5.68. The van der Waals surface area contributed by atoms with Crippen molar-refractivity contribution in [3.8, 4) is 0 Å². The zero-order chi connectivity index (χ0) is 17.8. The molecule has 0 spiro atoms. The van der Waals surface area contributed by atoms with Gasteiger partial charge in [-0.05, 0) is 12.5 Å². The fourth-order valence-electron chi connectivity index (χ4n) is 2.78. The first-order valence-electron chi connectivity index (χ1n) is 7.92. The second-order valence-corrected chi connectivity index (χ2v) is 5.94. The topological polar surface area (TPSA) is 105 Å². The zero-order valence-electron chi connectivity index (χ0n) is 13.8. The number of nitrogens with zero attached hydrogens (tertiary/aromatic N) is 2. The molecule has 0 bridgehead atoms. The van der Waals surface area contributed by atoms with Crippen molar-refractivity contribution in [2.24, 2.45) is 0 Å². The summed E-state index contributed by atoms with van der Waals surface area (Å²) in [6.45, 7) is 2.26. The number of aromatic nitrogens is 1. The highest BCUT2D eigenvalue weighted by atomic mass is 16.5. The van der Waals surface area contributed by atoms with E-state index in [1.807, 2.05) is 30.3 Å². The van der Waals surface area contributed by atoms with Crippen molar-refractivity contribution in [2.75, 3.05) is 6.54 Å². The molecule has 1 atom stereocenters. The molecule has 0 unspecified atom stereocenters. The van der Waals surface area contributed by atoms with Crippen LogP contribution < -0.4 is 5.32 Å². The number of hydrogen-bond donors (Lipinski definition) is 2. The Bertz CT molecular complexity index is 759. The Morgan fingerprint density at radius 1 is 1.40 bits per heavy atom. The Balaban J connectivity index is 1.64. The van der Waals surface area contributed by atoms with Crippen LogP contribution in [0.25, 0.3) is 0 Å². The lowest BCUT2D eigenvalue weighted by atomic mass is 10.1. The maximum Gasteiger partial charge on any atom is 0.407 e. The highest BCUT2D eigenvalue weighted by Crippen LogP contribution is 2.22. The van der Waals surface area contributed by atoms with Crippen LogP contribution in [0, 0.1) is 6.92 Å². The molecule has 2 N–H and O–H groups in total. The number of rotatable bonds is 3. The Morgan fingerprint density at radius 3 is 2.88 bits per heavy atom. The van der Waals surface area contributed by atoms with E-state index in [1.165, 1.54) is 4.90 Å². The molecule has 3 rings (SSSR count). The SMILES string of the molecule is Cc1noc2c1CN(C(=O)O)C[C@@H](NC(=O)OCc1ccccc1)C2.